The summed E-state index contributed by atoms with van der Waals surface area (Å²) in [6.07, 6.45) is 4.57. The molecule has 7 heteroatoms. The predicted octanol–water partition coefficient (Wildman–Crippen LogP) is 1.49. The summed E-state index contributed by atoms with van der Waals surface area (Å²) in [5.74, 6) is -0.393. The number of pyridine rings is 2. The second-order valence-electron chi connectivity index (χ2n) is 6.78. The van der Waals surface area contributed by atoms with Gasteiger partial charge in [-0.2, -0.15) is 0 Å². The number of likely N-dealkylation sites (tertiary alicyclic amines) is 1. The van der Waals surface area contributed by atoms with E-state index in [2.05, 4.69) is 10.3 Å². The van der Waals surface area contributed by atoms with Gasteiger partial charge in [-0.3, -0.25) is 19.4 Å². The van der Waals surface area contributed by atoms with Crippen molar-refractivity contribution in [3.8, 4) is 0 Å². The minimum absolute atomic E-state index is 0.0423. The highest BCUT2D eigenvalue weighted by atomic mass is 16.2. The van der Waals surface area contributed by atoms with Crippen LogP contribution >= 0.6 is 0 Å². The second-order valence-corrected chi connectivity index (χ2v) is 6.78. The Labute approximate surface area is 158 Å². The highest BCUT2D eigenvalue weighted by Gasteiger charge is 2.17. The summed E-state index contributed by atoms with van der Waals surface area (Å²) in [7, 11) is 0. The molecule has 2 aromatic heterocycles. The molecule has 0 radical (unpaired) electrons. The molecule has 0 saturated carbocycles. The van der Waals surface area contributed by atoms with Crippen LogP contribution in [-0.2, 0) is 17.9 Å². The van der Waals surface area contributed by atoms with Crippen molar-refractivity contribution in [2.24, 2.45) is 0 Å². The molecule has 1 aliphatic heterocycles. The van der Waals surface area contributed by atoms with Crippen molar-refractivity contribution in [2.75, 3.05) is 13.1 Å². The summed E-state index contributed by atoms with van der Waals surface area (Å²) in [6.45, 7) is 3.61. The molecular formula is C20H24N4O3. The van der Waals surface area contributed by atoms with Gasteiger partial charge >= 0.3 is 0 Å². The largest absolute Gasteiger partial charge is 0.346 e. The number of rotatable bonds is 5. The quantitative estimate of drug-likeness (QED) is 0.867. The number of aromatic nitrogens is 2. The highest BCUT2D eigenvalue weighted by molar-refractivity contribution is 5.93. The molecule has 0 bridgehead atoms. The number of nitrogens with zero attached hydrogens (tertiary/aromatic N) is 3. The molecule has 3 heterocycles. The first-order valence-electron chi connectivity index (χ1n) is 9.22. The Hall–Kier alpha value is -2.96. The van der Waals surface area contributed by atoms with Gasteiger partial charge < -0.3 is 14.8 Å². The summed E-state index contributed by atoms with van der Waals surface area (Å²) < 4.78 is 1.30. The molecule has 0 aliphatic carbocycles. The summed E-state index contributed by atoms with van der Waals surface area (Å²) in [5.41, 5.74) is 1.69. The molecule has 27 heavy (non-hydrogen) atoms. The van der Waals surface area contributed by atoms with E-state index in [0.717, 1.165) is 43.7 Å². The lowest BCUT2D eigenvalue weighted by Crippen LogP contribution is -2.39. The topological polar surface area (TPSA) is 84.3 Å². The first-order chi connectivity index (χ1) is 13.0. The Kier molecular flexibility index (Phi) is 6.01. The van der Waals surface area contributed by atoms with Gasteiger partial charge in [-0.25, -0.2) is 0 Å². The number of carbonyl (C=O) groups excluding carboxylic acids is 2. The second kappa shape index (κ2) is 8.62. The van der Waals surface area contributed by atoms with Crippen LogP contribution in [0.5, 0.6) is 0 Å². The van der Waals surface area contributed by atoms with Crippen LogP contribution < -0.4 is 10.9 Å². The van der Waals surface area contributed by atoms with Gasteiger partial charge in [0.05, 0.1) is 17.8 Å². The third-order valence-corrected chi connectivity index (χ3v) is 4.64. The molecule has 7 nitrogen and oxygen atoms in total. The van der Waals surface area contributed by atoms with Gasteiger partial charge in [-0.05, 0) is 44.4 Å². The summed E-state index contributed by atoms with van der Waals surface area (Å²) in [6, 6.07) is 8.41. The zero-order valence-corrected chi connectivity index (χ0v) is 15.5. The van der Waals surface area contributed by atoms with E-state index in [4.69, 9.17) is 0 Å². The number of aryl methyl sites for hydroxylation is 1. The van der Waals surface area contributed by atoms with Gasteiger partial charge in [0, 0.05) is 31.0 Å². The van der Waals surface area contributed by atoms with Crippen LogP contribution in [0.15, 0.2) is 41.3 Å². The zero-order valence-electron chi connectivity index (χ0n) is 15.5. The lowest BCUT2D eigenvalue weighted by molar-refractivity contribution is -0.132. The van der Waals surface area contributed by atoms with Crippen LogP contribution in [0.25, 0.3) is 0 Å². The Morgan fingerprint density at radius 1 is 1.11 bits per heavy atom. The number of carbonyl (C=O) groups is 2. The molecule has 0 unspecified atom stereocenters. The van der Waals surface area contributed by atoms with Gasteiger partial charge in [-0.1, -0.05) is 6.07 Å². The van der Waals surface area contributed by atoms with Crippen LogP contribution in [0.1, 0.15) is 41.0 Å². The molecule has 1 fully saturated rings. The summed E-state index contributed by atoms with van der Waals surface area (Å²) in [4.78, 5) is 43.0. The number of piperidine rings is 1. The van der Waals surface area contributed by atoms with Crippen molar-refractivity contribution in [1.29, 1.82) is 0 Å². The van der Waals surface area contributed by atoms with E-state index in [1.54, 1.807) is 4.90 Å². The highest BCUT2D eigenvalue weighted by Crippen LogP contribution is 2.09. The molecule has 1 saturated heterocycles. The summed E-state index contributed by atoms with van der Waals surface area (Å²) >= 11 is 0. The molecule has 142 valence electrons. The van der Waals surface area contributed by atoms with Gasteiger partial charge in [0.2, 0.25) is 5.91 Å². The van der Waals surface area contributed by atoms with Crippen molar-refractivity contribution in [3.63, 3.8) is 0 Å². The maximum Gasteiger partial charge on any atom is 0.253 e. The van der Waals surface area contributed by atoms with Gasteiger partial charge in [0.1, 0.15) is 6.54 Å². The van der Waals surface area contributed by atoms with Crippen LogP contribution in [0.4, 0.5) is 0 Å². The minimum atomic E-state index is -0.308. The molecule has 0 spiro atoms. The van der Waals surface area contributed by atoms with Gasteiger partial charge in [-0.15, -0.1) is 0 Å². The van der Waals surface area contributed by atoms with Gasteiger partial charge in [0.15, 0.2) is 0 Å². The lowest BCUT2D eigenvalue weighted by atomic mass is 10.1. The van der Waals surface area contributed by atoms with Crippen molar-refractivity contribution >= 4 is 11.8 Å². The first-order valence-corrected chi connectivity index (χ1v) is 9.22. The maximum absolute atomic E-state index is 12.4. The average molecular weight is 368 g/mol. The average Bonchev–Trinajstić information content (AvgIpc) is 2.68. The van der Waals surface area contributed by atoms with Crippen LogP contribution in [0.2, 0.25) is 0 Å². The fourth-order valence-electron chi connectivity index (χ4n) is 3.15. The molecule has 2 amide bonds. The monoisotopic (exact) mass is 368 g/mol. The third kappa shape index (κ3) is 5.03. The van der Waals surface area contributed by atoms with E-state index >= 15 is 0 Å². The Morgan fingerprint density at radius 2 is 1.89 bits per heavy atom. The molecule has 1 N–H and O–H groups in total. The summed E-state index contributed by atoms with van der Waals surface area (Å²) in [5, 5.41) is 2.79. The number of hydrogen-bond acceptors (Lipinski definition) is 4. The maximum atomic E-state index is 12.4. The molecular weight excluding hydrogens is 344 g/mol. The third-order valence-electron chi connectivity index (χ3n) is 4.64. The normalized spacial score (nSPS) is 14.0. The predicted molar refractivity (Wildman–Crippen MR) is 101 cm³/mol. The van der Waals surface area contributed by atoms with E-state index < -0.39 is 0 Å². The smallest absolute Gasteiger partial charge is 0.253 e. The van der Waals surface area contributed by atoms with Crippen molar-refractivity contribution in [3.05, 3.63) is 63.8 Å². The molecule has 3 rings (SSSR count). The molecule has 0 aromatic carbocycles. The molecule has 2 aromatic rings. The Morgan fingerprint density at radius 3 is 2.63 bits per heavy atom. The van der Waals surface area contributed by atoms with Crippen LogP contribution in [0.3, 0.4) is 0 Å². The number of nitrogens with one attached hydrogen (secondary N) is 1. The van der Waals surface area contributed by atoms with E-state index in [9.17, 15) is 14.4 Å². The number of amides is 2. The van der Waals surface area contributed by atoms with Gasteiger partial charge in [0.25, 0.3) is 11.5 Å². The fraction of sp³-hybridized carbons (Fsp3) is 0.400. The Balaban J connectivity index is 1.65. The van der Waals surface area contributed by atoms with E-state index in [-0.39, 0.29) is 23.9 Å². The Bertz CT molecular complexity index is 885. The first kappa shape index (κ1) is 18.8. The minimum Gasteiger partial charge on any atom is -0.346 e. The van der Waals surface area contributed by atoms with Crippen molar-refractivity contribution in [1.82, 2.24) is 19.8 Å². The molecule has 0 atom stereocenters. The van der Waals surface area contributed by atoms with E-state index in [0.29, 0.717) is 12.1 Å². The zero-order chi connectivity index (χ0) is 19.2. The van der Waals surface area contributed by atoms with E-state index in [1.807, 2.05) is 25.1 Å². The van der Waals surface area contributed by atoms with Crippen LogP contribution in [0, 0.1) is 6.92 Å². The fourth-order valence-corrected chi connectivity index (χ4v) is 3.15. The number of hydrogen-bond donors (Lipinski definition) is 1. The molecule has 1 aliphatic rings. The van der Waals surface area contributed by atoms with E-state index in [1.165, 1.54) is 22.9 Å². The van der Waals surface area contributed by atoms with Crippen LogP contribution in [-0.4, -0.2) is 39.4 Å². The van der Waals surface area contributed by atoms with Crippen molar-refractivity contribution in [2.45, 2.75) is 39.3 Å². The van der Waals surface area contributed by atoms with Crippen molar-refractivity contribution < 1.29 is 9.59 Å². The lowest BCUT2D eigenvalue weighted by Gasteiger charge is -2.27. The SMILES string of the molecule is Cc1cccc(CNC(=O)c2ccc(=O)n(CC(=O)N3CCCCC3)c2)n1. The standard InChI is InChI=1S/C20H24N4O3/c1-15-6-5-7-17(22-15)12-21-20(27)16-8-9-18(25)24(13-16)14-19(26)23-10-3-2-4-11-23/h5-9,13H,2-4,10-12,14H2,1H3,(H,21,27).